The van der Waals surface area contributed by atoms with Gasteiger partial charge >= 0.3 is 0 Å². The van der Waals surface area contributed by atoms with Crippen LogP contribution in [0.3, 0.4) is 0 Å². The average molecular weight is 549 g/mol. The van der Waals surface area contributed by atoms with Crippen LogP contribution in [0.25, 0.3) is 0 Å². The number of nitrogens with one attached hydrogen (secondary N) is 1. The number of amides is 2. The van der Waals surface area contributed by atoms with E-state index in [2.05, 4.69) is 36.5 Å². The lowest BCUT2D eigenvalue weighted by atomic mass is 9.94. The fraction of sp³-hybridized carbons (Fsp3) is 0.375. The van der Waals surface area contributed by atoms with Crippen LogP contribution in [0.5, 0.6) is 0 Å². The van der Waals surface area contributed by atoms with E-state index in [0.29, 0.717) is 30.2 Å². The van der Waals surface area contributed by atoms with E-state index >= 15 is 0 Å². The van der Waals surface area contributed by atoms with E-state index in [0.717, 1.165) is 41.7 Å². The van der Waals surface area contributed by atoms with Gasteiger partial charge < -0.3 is 10.2 Å². The van der Waals surface area contributed by atoms with Crippen molar-refractivity contribution in [3.63, 3.8) is 0 Å². The lowest BCUT2D eigenvalue weighted by Gasteiger charge is -2.33. The maximum Gasteiger partial charge on any atom is 0.243 e. The molecule has 200 valence electrons. The molecule has 38 heavy (non-hydrogen) atoms. The predicted octanol–water partition coefficient (Wildman–Crippen LogP) is 7.22. The highest BCUT2D eigenvalue weighted by Gasteiger charge is 2.31. The van der Waals surface area contributed by atoms with Crippen molar-refractivity contribution >= 4 is 35.2 Å². The van der Waals surface area contributed by atoms with Gasteiger partial charge in [0.25, 0.3) is 0 Å². The van der Waals surface area contributed by atoms with Gasteiger partial charge in [-0.05, 0) is 55.2 Å². The second-order valence-electron chi connectivity index (χ2n) is 10.1. The highest BCUT2D eigenvalue weighted by Crippen LogP contribution is 2.23. The number of hydrogen-bond acceptors (Lipinski definition) is 3. The van der Waals surface area contributed by atoms with Gasteiger partial charge in [0.2, 0.25) is 11.8 Å². The first-order valence-electron chi connectivity index (χ1n) is 13.6. The Morgan fingerprint density at radius 1 is 0.921 bits per heavy atom. The molecule has 4 rings (SSSR count). The minimum absolute atomic E-state index is 0.0145. The zero-order valence-electron chi connectivity index (χ0n) is 22.1. The van der Waals surface area contributed by atoms with Crippen molar-refractivity contribution in [2.45, 2.75) is 75.4 Å². The smallest absolute Gasteiger partial charge is 0.243 e. The first-order chi connectivity index (χ1) is 18.5. The number of halogens is 1. The van der Waals surface area contributed by atoms with Crippen LogP contribution in [0.2, 0.25) is 5.02 Å². The summed E-state index contributed by atoms with van der Waals surface area (Å²) in [6.07, 6.45) is 6.33. The molecule has 0 spiro atoms. The van der Waals surface area contributed by atoms with E-state index in [4.69, 9.17) is 11.6 Å². The van der Waals surface area contributed by atoms with Gasteiger partial charge in [0.1, 0.15) is 6.04 Å². The summed E-state index contributed by atoms with van der Waals surface area (Å²) in [4.78, 5) is 30.5. The lowest BCUT2D eigenvalue weighted by Crippen LogP contribution is -2.52. The third kappa shape index (κ3) is 8.64. The Balaban J connectivity index is 1.55. The Morgan fingerprint density at radius 3 is 2.29 bits per heavy atom. The summed E-state index contributed by atoms with van der Waals surface area (Å²) in [6, 6.07) is 25.5. The molecule has 0 aromatic heterocycles. The minimum Gasteiger partial charge on any atom is -0.352 e. The van der Waals surface area contributed by atoms with Crippen molar-refractivity contribution in [3.8, 4) is 0 Å². The molecule has 0 unspecified atom stereocenters. The molecule has 4 nitrogen and oxygen atoms in total. The molecule has 1 aliphatic rings. The Bertz CT molecular complexity index is 1160. The third-order valence-electron chi connectivity index (χ3n) is 7.09. The fourth-order valence-corrected chi connectivity index (χ4v) is 5.89. The molecule has 1 N–H and O–H groups in total. The second-order valence-corrected chi connectivity index (χ2v) is 11.7. The van der Waals surface area contributed by atoms with Crippen molar-refractivity contribution in [1.29, 1.82) is 0 Å². The van der Waals surface area contributed by atoms with Crippen molar-refractivity contribution in [3.05, 3.63) is 101 Å². The second kappa shape index (κ2) is 14.4. The SMILES string of the molecule is Cc1ccc(SCCC(=O)N(Cc2ccc(Cl)cc2)[C@H](Cc2ccccc2)C(=O)NC2CCCCC2)cc1. The standard InChI is InChI=1S/C32H37ClN2O2S/c1-24-12-18-29(19-13-24)38-21-20-31(36)35(23-26-14-16-27(33)17-15-26)30(22-25-8-4-2-5-9-25)32(37)34-28-10-6-3-7-11-28/h2,4-5,8-9,12-19,28,30H,3,6-7,10-11,20-23H2,1H3,(H,34,37)/t30-/m1/s1. The van der Waals surface area contributed by atoms with Crippen LogP contribution < -0.4 is 5.32 Å². The quantitative estimate of drug-likeness (QED) is 0.257. The third-order valence-corrected chi connectivity index (χ3v) is 8.36. The molecule has 0 bridgehead atoms. The molecule has 3 aromatic carbocycles. The zero-order chi connectivity index (χ0) is 26.7. The zero-order valence-corrected chi connectivity index (χ0v) is 23.6. The van der Waals surface area contributed by atoms with Crippen LogP contribution in [0.1, 0.15) is 55.2 Å². The molecule has 0 saturated heterocycles. The molecule has 2 amide bonds. The fourth-order valence-electron chi connectivity index (χ4n) is 4.92. The predicted molar refractivity (Wildman–Crippen MR) is 157 cm³/mol. The number of nitrogens with zero attached hydrogens (tertiary/aromatic N) is 1. The van der Waals surface area contributed by atoms with E-state index < -0.39 is 6.04 Å². The van der Waals surface area contributed by atoms with Crippen molar-refractivity contribution in [2.24, 2.45) is 0 Å². The van der Waals surface area contributed by atoms with Gasteiger partial charge in [-0.1, -0.05) is 91.0 Å². The molecule has 3 aromatic rings. The number of carbonyl (C=O) groups excluding carboxylic acids is 2. The highest BCUT2D eigenvalue weighted by atomic mass is 35.5. The molecule has 1 atom stereocenters. The highest BCUT2D eigenvalue weighted by molar-refractivity contribution is 7.99. The molecule has 1 fully saturated rings. The summed E-state index contributed by atoms with van der Waals surface area (Å²) < 4.78 is 0. The molecule has 6 heteroatoms. The summed E-state index contributed by atoms with van der Waals surface area (Å²) in [5.74, 6) is 0.579. The number of hydrogen-bond donors (Lipinski definition) is 1. The number of carbonyl (C=O) groups is 2. The summed E-state index contributed by atoms with van der Waals surface area (Å²) >= 11 is 7.80. The van der Waals surface area contributed by atoms with Gasteiger partial charge in [-0.25, -0.2) is 0 Å². The Hall–Kier alpha value is -2.76. The van der Waals surface area contributed by atoms with Crippen LogP contribution in [0.15, 0.2) is 83.8 Å². The average Bonchev–Trinajstić information content (AvgIpc) is 2.94. The topological polar surface area (TPSA) is 49.4 Å². The van der Waals surface area contributed by atoms with Crippen molar-refractivity contribution in [2.75, 3.05) is 5.75 Å². The first kappa shape index (κ1) is 28.3. The molecular formula is C32H37ClN2O2S. The van der Waals surface area contributed by atoms with E-state index in [1.807, 2.05) is 54.6 Å². The molecular weight excluding hydrogens is 512 g/mol. The van der Waals surface area contributed by atoms with E-state index in [1.165, 1.54) is 12.0 Å². The van der Waals surface area contributed by atoms with Crippen LogP contribution >= 0.6 is 23.4 Å². The summed E-state index contributed by atoms with van der Waals surface area (Å²) in [5.41, 5.74) is 3.21. The summed E-state index contributed by atoms with van der Waals surface area (Å²) in [5, 5.41) is 3.95. The van der Waals surface area contributed by atoms with Crippen molar-refractivity contribution < 1.29 is 9.59 Å². The van der Waals surface area contributed by atoms with Gasteiger partial charge in [0.05, 0.1) is 0 Å². The normalized spacial score (nSPS) is 14.6. The van der Waals surface area contributed by atoms with Crippen LogP contribution in [0.4, 0.5) is 0 Å². The lowest BCUT2D eigenvalue weighted by molar-refractivity contribution is -0.141. The maximum atomic E-state index is 13.8. The molecule has 0 aliphatic heterocycles. The number of rotatable bonds is 11. The van der Waals surface area contributed by atoms with Crippen LogP contribution in [-0.2, 0) is 22.6 Å². The van der Waals surface area contributed by atoms with Gasteiger partial charge in [0, 0.05) is 41.1 Å². The summed E-state index contributed by atoms with van der Waals surface area (Å²) in [6.45, 7) is 2.43. The van der Waals surface area contributed by atoms with Crippen LogP contribution in [-0.4, -0.2) is 34.6 Å². The van der Waals surface area contributed by atoms with Gasteiger partial charge in [-0.15, -0.1) is 11.8 Å². The van der Waals surface area contributed by atoms with Crippen molar-refractivity contribution in [1.82, 2.24) is 10.2 Å². The monoisotopic (exact) mass is 548 g/mol. The first-order valence-corrected chi connectivity index (χ1v) is 14.9. The van der Waals surface area contributed by atoms with E-state index in [1.54, 1.807) is 16.7 Å². The van der Waals surface area contributed by atoms with Crippen LogP contribution in [0, 0.1) is 6.92 Å². The summed E-state index contributed by atoms with van der Waals surface area (Å²) in [7, 11) is 0. The maximum absolute atomic E-state index is 13.8. The Morgan fingerprint density at radius 2 is 1.61 bits per heavy atom. The van der Waals surface area contributed by atoms with E-state index in [9.17, 15) is 9.59 Å². The van der Waals surface area contributed by atoms with Gasteiger partial charge in [-0.2, -0.15) is 0 Å². The molecule has 1 aliphatic carbocycles. The Kier molecular flexibility index (Phi) is 10.7. The molecule has 1 saturated carbocycles. The van der Waals surface area contributed by atoms with Gasteiger partial charge in [-0.3, -0.25) is 9.59 Å². The number of aryl methyl sites for hydroxylation is 1. The number of benzene rings is 3. The molecule has 0 heterocycles. The Labute approximate surface area is 236 Å². The minimum atomic E-state index is -0.591. The van der Waals surface area contributed by atoms with E-state index in [-0.39, 0.29) is 17.9 Å². The molecule has 0 radical (unpaired) electrons. The van der Waals surface area contributed by atoms with Gasteiger partial charge in [0.15, 0.2) is 0 Å². The largest absolute Gasteiger partial charge is 0.352 e. The number of thioether (sulfide) groups is 1.